The minimum absolute atomic E-state index is 0.0645. The van der Waals surface area contributed by atoms with Crippen molar-refractivity contribution in [2.45, 2.75) is 13.0 Å². The van der Waals surface area contributed by atoms with E-state index in [1.165, 1.54) is 12.1 Å². The average molecular weight is 222 g/mol. The molecule has 1 aromatic carbocycles. The first-order chi connectivity index (χ1) is 7.68. The highest BCUT2D eigenvalue weighted by Gasteiger charge is 2.23. The third kappa shape index (κ3) is 2.22. The molecular formula is C12H15FN2O. The van der Waals surface area contributed by atoms with Gasteiger partial charge in [0.2, 0.25) is 5.91 Å². The van der Waals surface area contributed by atoms with Crippen LogP contribution in [-0.4, -0.2) is 30.4 Å². The van der Waals surface area contributed by atoms with Crippen LogP contribution in [0, 0.1) is 5.82 Å². The van der Waals surface area contributed by atoms with E-state index in [-0.39, 0.29) is 17.8 Å². The molecule has 0 spiro atoms. The Hall–Kier alpha value is -1.42. The molecule has 1 aliphatic heterocycles. The Balaban J connectivity index is 2.17. The standard InChI is InChI=1S/C12H15FN2O/c1-9(10-3-2-4-11(13)7-10)15-6-5-14-8-12(15)16/h2-4,7,9,14H,5-6,8H2,1H3. The molecule has 1 saturated heterocycles. The van der Waals surface area contributed by atoms with Gasteiger partial charge in [0.05, 0.1) is 12.6 Å². The first kappa shape index (κ1) is 11.1. The van der Waals surface area contributed by atoms with Crippen LogP contribution >= 0.6 is 0 Å². The molecule has 1 unspecified atom stereocenters. The van der Waals surface area contributed by atoms with E-state index < -0.39 is 0 Å². The van der Waals surface area contributed by atoms with Gasteiger partial charge in [-0.2, -0.15) is 0 Å². The highest BCUT2D eigenvalue weighted by molar-refractivity contribution is 5.79. The van der Waals surface area contributed by atoms with Gasteiger partial charge in [-0.1, -0.05) is 12.1 Å². The quantitative estimate of drug-likeness (QED) is 0.818. The van der Waals surface area contributed by atoms with Gasteiger partial charge >= 0.3 is 0 Å². The smallest absolute Gasteiger partial charge is 0.237 e. The Kier molecular flexibility index (Phi) is 3.19. The molecule has 1 amide bonds. The SMILES string of the molecule is CC(c1cccc(F)c1)N1CCNCC1=O. The third-order valence-electron chi connectivity index (χ3n) is 2.92. The topological polar surface area (TPSA) is 32.3 Å². The van der Waals surface area contributed by atoms with E-state index in [4.69, 9.17) is 0 Å². The molecule has 0 radical (unpaired) electrons. The van der Waals surface area contributed by atoms with Crippen molar-refractivity contribution in [2.24, 2.45) is 0 Å². The number of piperazine rings is 1. The number of amides is 1. The predicted molar refractivity (Wildman–Crippen MR) is 59.4 cm³/mol. The summed E-state index contributed by atoms with van der Waals surface area (Å²) in [7, 11) is 0. The summed E-state index contributed by atoms with van der Waals surface area (Å²) < 4.78 is 13.1. The first-order valence-corrected chi connectivity index (χ1v) is 5.44. The molecule has 0 saturated carbocycles. The number of benzene rings is 1. The second-order valence-electron chi connectivity index (χ2n) is 3.99. The molecule has 1 aromatic rings. The van der Waals surface area contributed by atoms with Crippen LogP contribution < -0.4 is 5.32 Å². The molecule has 4 heteroatoms. The minimum Gasteiger partial charge on any atom is -0.334 e. The molecule has 2 rings (SSSR count). The van der Waals surface area contributed by atoms with E-state index in [9.17, 15) is 9.18 Å². The van der Waals surface area contributed by atoms with Crippen LogP contribution in [0.3, 0.4) is 0 Å². The van der Waals surface area contributed by atoms with Crippen molar-refractivity contribution in [1.29, 1.82) is 0 Å². The summed E-state index contributed by atoms with van der Waals surface area (Å²) in [5.41, 5.74) is 0.843. The second kappa shape index (κ2) is 4.61. The van der Waals surface area contributed by atoms with E-state index >= 15 is 0 Å². The maximum absolute atomic E-state index is 13.1. The third-order valence-corrected chi connectivity index (χ3v) is 2.92. The molecule has 1 heterocycles. The number of carbonyl (C=O) groups is 1. The Morgan fingerprint density at radius 3 is 3.00 bits per heavy atom. The Bertz CT molecular complexity index is 394. The molecule has 86 valence electrons. The van der Waals surface area contributed by atoms with Crippen molar-refractivity contribution in [1.82, 2.24) is 10.2 Å². The largest absolute Gasteiger partial charge is 0.334 e. The van der Waals surface area contributed by atoms with Crippen LogP contribution in [0.25, 0.3) is 0 Å². The van der Waals surface area contributed by atoms with E-state index in [2.05, 4.69) is 5.32 Å². The van der Waals surface area contributed by atoms with Gasteiger partial charge in [-0.25, -0.2) is 4.39 Å². The number of halogens is 1. The molecule has 1 atom stereocenters. The number of carbonyl (C=O) groups excluding carboxylic acids is 1. The van der Waals surface area contributed by atoms with Crippen molar-refractivity contribution in [3.05, 3.63) is 35.6 Å². The van der Waals surface area contributed by atoms with Gasteiger partial charge in [-0.3, -0.25) is 4.79 Å². The maximum atomic E-state index is 13.1. The summed E-state index contributed by atoms with van der Waals surface area (Å²) in [4.78, 5) is 13.4. The zero-order chi connectivity index (χ0) is 11.5. The summed E-state index contributed by atoms with van der Waals surface area (Å²) in [5, 5.41) is 3.02. The Morgan fingerprint density at radius 2 is 2.31 bits per heavy atom. The van der Waals surface area contributed by atoms with Crippen LogP contribution in [0.5, 0.6) is 0 Å². The highest BCUT2D eigenvalue weighted by Crippen LogP contribution is 2.21. The van der Waals surface area contributed by atoms with E-state index in [1.807, 2.05) is 13.0 Å². The summed E-state index contributed by atoms with van der Waals surface area (Å²) in [6, 6.07) is 6.36. The summed E-state index contributed by atoms with van der Waals surface area (Å²) in [6.45, 7) is 3.78. The molecule has 1 N–H and O–H groups in total. The average Bonchev–Trinajstić information content (AvgIpc) is 2.29. The summed E-state index contributed by atoms with van der Waals surface area (Å²) in [5.74, 6) is -0.185. The minimum atomic E-state index is -0.257. The van der Waals surface area contributed by atoms with E-state index in [0.717, 1.165) is 12.1 Å². The monoisotopic (exact) mass is 222 g/mol. The second-order valence-corrected chi connectivity index (χ2v) is 3.99. The van der Waals surface area contributed by atoms with Crippen molar-refractivity contribution in [3.63, 3.8) is 0 Å². The number of nitrogens with one attached hydrogen (secondary N) is 1. The Morgan fingerprint density at radius 1 is 1.50 bits per heavy atom. The number of hydrogen-bond acceptors (Lipinski definition) is 2. The maximum Gasteiger partial charge on any atom is 0.237 e. The fourth-order valence-corrected chi connectivity index (χ4v) is 1.98. The number of hydrogen-bond donors (Lipinski definition) is 1. The number of rotatable bonds is 2. The van der Waals surface area contributed by atoms with Crippen LogP contribution in [0.1, 0.15) is 18.5 Å². The lowest BCUT2D eigenvalue weighted by atomic mass is 10.1. The van der Waals surface area contributed by atoms with Gasteiger partial charge in [-0.15, -0.1) is 0 Å². The summed E-state index contributed by atoms with van der Waals surface area (Å²) >= 11 is 0. The molecule has 16 heavy (non-hydrogen) atoms. The van der Waals surface area contributed by atoms with Crippen molar-refractivity contribution < 1.29 is 9.18 Å². The zero-order valence-corrected chi connectivity index (χ0v) is 9.24. The fourth-order valence-electron chi connectivity index (χ4n) is 1.98. The van der Waals surface area contributed by atoms with Gasteiger partial charge in [0.1, 0.15) is 5.82 Å². The lowest BCUT2D eigenvalue weighted by molar-refractivity contribution is -0.134. The first-order valence-electron chi connectivity index (χ1n) is 5.44. The molecule has 3 nitrogen and oxygen atoms in total. The van der Waals surface area contributed by atoms with Crippen LogP contribution in [0.15, 0.2) is 24.3 Å². The molecule has 0 bridgehead atoms. The molecule has 1 aliphatic rings. The normalized spacial score (nSPS) is 18.6. The molecule has 0 aromatic heterocycles. The highest BCUT2D eigenvalue weighted by atomic mass is 19.1. The van der Waals surface area contributed by atoms with Crippen molar-refractivity contribution >= 4 is 5.91 Å². The summed E-state index contributed by atoms with van der Waals surface area (Å²) in [6.07, 6.45) is 0. The predicted octanol–water partition coefficient (Wildman–Crippen LogP) is 1.32. The van der Waals surface area contributed by atoms with Gasteiger partial charge < -0.3 is 10.2 Å². The lowest BCUT2D eigenvalue weighted by Gasteiger charge is -2.33. The number of nitrogens with zero attached hydrogens (tertiary/aromatic N) is 1. The van der Waals surface area contributed by atoms with Gasteiger partial charge in [0.25, 0.3) is 0 Å². The van der Waals surface area contributed by atoms with Crippen molar-refractivity contribution in [3.8, 4) is 0 Å². The molecular weight excluding hydrogens is 207 g/mol. The van der Waals surface area contributed by atoms with Gasteiger partial charge in [-0.05, 0) is 24.6 Å². The van der Waals surface area contributed by atoms with Gasteiger partial charge in [0.15, 0.2) is 0 Å². The van der Waals surface area contributed by atoms with Crippen LogP contribution in [0.4, 0.5) is 4.39 Å². The van der Waals surface area contributed by atoms with Gasteiger partial charge in [0, 0.05) is 13.1 Å². The molecule has 1 fully saturated rings. The molecule has 0 aliphatic carbocycles. The zero-order valence-electron chi connectivity index (χ0n) is 9.24. The van der Waals surface area contributed by atoms with Crippen LogP contribution in [-0.2, 0) is 4.79 Å². The van der Waals surface area contributed by atoms with E-state index in [0.29, 0.717) is 13.1 Å². The van der Waals surface area contributed by atoms with Crippen LogP contribution in [0.2, 0.25) is 0 Å². The Labute approximate surface area is 94.3 Å². The van der Waals surface area contributed by atoms with Crippen molar-refractivity contribution in [2.75, 3.05) is 19.6 Å². The lowest BCUT2D eigenvalue weighted by Crippen LogP contribution is -2.48. The van der Waals surface area contributed by atoms with E-state index in [1.54, 1.807) is 11.0 Å². The fraction of sp³-hybridized carbons (Fsp3) is 0.417.